The second-order valence-electron chi connectivity index (χ2n) is 3.17. The van der Waals surface area contributed by atoms with Gasteiger partial charge >= 0.3 is 0 Å². The molecule has 1 aromatic rings. The van der Waals surface area contributed by atoms with Gasteiger partial charge in [0.05, 0.1) is 19.3 Å². The van der Waals surface area contributed by atoms with E-state index in [0.29, 0.717) is 13.2 Å². The maximum Gasteiger partial charge on any atom is 0.139 e. The zero-order chi connectivity index (χ0) is 9.10. The monoisotopic (exact) mass is 179 g/mol. The van der Waals surface area contributed by atoms with Gasteiger partial charge in [0.1, 0.15) is 11.9 Å². The first-order valence-corrected chi connectivity index (χ1v) is 4.41. The lowest BCUT2D eigenvalue weighted by atomic mass is 10.2. The van der Waals surface area contributed by atoms with Crippen LogP contribution in [0.1, 0.15) is 0 Å². The highest BCUT2D eigenvalue weighted by atomic mass is 16.5. The molecule has 1 aliphatic heterocycles. The van der Waals surface area contributed by atoms with Crippen molar-refractivity contribution >= 4 is 0 Å². The highest BCUT2D eigenvalue weighted by Gasteiger charge is 2.26. The summed E-state index contributed by atoms with van der Waals surface area (Å²) in [6, 6.07) is 9.68. The molecule has 0 bridgehead atoms. The van der Waals surface area contributed by atoms with Gasteiger partial charge in [0.25, 0.3) is 0 Å². The van der Waals surface area contributed by atoms with Gasteiger partial charge in [0.15, 0.2) is 0 Å². The molecule has 0 amide bonds. The molecule has 1 heterocycles. The van der Waals surface area contributed by atoms with E-state index in [9.17, 15) is 0 Å². The summed E-state index contributed by atoms with van der Waals surface area (Å²) in [5.74, 6) is 0.855. The van der Waals surface area contributed by atoms with Crippen molar-refractivity contribution in [2.75, 3.05) is 13.2 Å². The first-order valence-electron chi connectivity index (χ1n) is 4.41. The van der Waals surface area contributed by atoms with Crippen molar-refractivity contribution in [2.45, 2.75) is 12.1 Å². The summed E-state index contributed by atoms with van der Waals surface area (Å²) < 4.78 is 10.8. The fourth-order valence-corrected chi connectivity index (χ4v) is 1.35. The first kappa shape index (κ1) is 8.53. The Labute approximate surface area is 77.5 Å². The molecule has 1 saturated heterocycles. The third-order valence-electron chi connectivity index (χ3n) is 2.10. The van der Waals surface area contributed by atoms with Crippen molar-refractivity contribution in [3.63, 3.8) is 0 Å². The van der Waals surface area contributed by atoms with Crippen molar-refractivity contribution in [3.05, 3.63) is 30.3 Å². The molecule has 13 heavy (non-hydrogen) atoms. The van der Waals surface area contributed by atoms with E-state index in [1.807, 2.05) is 30.3 Å². The largest absolute Gasteiger partial charge is 0.486 e. The van der Waals surface area contributed by atoms with E-state index in [-0.39, 0.29) is 12.1 Å². The van der Waals surface area contributed by atoms with E-state index in [4.69, 9.17) is 15.2 Å². The molecule has 0 radical (unpaired) electrons. The zero-order valence-electron chi connectivity index (χ0n) is 7.35. The molecule has 1 aliphatic rings. The van der Waals surface area contributed by atoms with Gasteiger partial charge < -0.3 is 15.2 Å². The van der Waals surface area contributed by atoms with Crippen molar-refractivity contribution in [3.8, 4) is 5.75 Å². The predicted octanol–water partition coefficient (Wildman–Crippen LogP) is 0.791. The van der Waals surface area contributed by atoms with E-state index in [1.54, 1.807) is 0 Å². The van der Waals surface area contributed by atoms with Crippen LogP contribution in [0.25, 0.3) is 0 Å². The van der Waals surface area contributed by atoms with Gasteiger partial charge in [-0.2, -0.15) is 0 Å². The Morgan fingerprint density at radius 2 is 2.00 bits per heavy atom. The molecule has 0 aromatic heterocycles. The lowest BCUT2D eigenvalue weighted by Crippen LogP contribution is -2.37. The molecule has 3 nitrogen and oxygen atoms in total. The van der Waals surface area contributed by atoms with E-state index in [2.05, 4.69) is 0 Å². The van der Waals surface area contributed by atoms with E-state index < -0.39 is 0 Å². The number of hydrogen-bond donors (Lipinski definition) is 1. The van der Waals surface area contributed by atoms with Gasteiger partial charge in [0, 0.05) is 0 Å². The number of para-hydroxylation sites is 1. The van der Waals surface area contributed by atoms with Crippen LogP contribution in [0.4, 0.5) is 0 Å². The fourth-order valence-electron chi connectivity index (χ4n) is 1.35. The van der Waals surface area contributed by atoms with Crippen LogP contribution < -0.4 is 10.5 Å². The number of rotatable bonds is 2. The third-order valence-corrected chi connectivity index (χ3v) is 2.10. The average Bonchev–Trinajstić information content (AvgIpc) is 2.54. The van der Waals surface area contributed by atoms with Crippen LogP contribution in [0.5, 0.6) is 5.75 Å². The van der Waals surface area contributed by atoms with Gasteiger partial charge in [-0.1, -0.05) is 18.2 Å². The van der Waals surface area contributed by atoms with E-state index in [1.165, 1.54) is 0 Å². The molecule has 0 saturated carbocycles. The van der Waals surface area contributed by atoms with Gasteiger partial charge in [-0.15, -0.1) is 0 Å². The molecule has 1 aromatic carbocycles. The molecule has 0 aliphatic carbocycles. The molecule has 1 fully saturated rings. The minimum Gasteiger partial charge on any atom is -0.486 e. The zero-order valence-corrected chi connectivity index (χ0v) is 7.35. The molecular formula is C10H13NO2. The topological polar surface area (TPSA) is 44.5 Å². The molecule has 2 rings (SSSR count). The van der Waals surface area contributed by atoms with Crippen molar-refractivity contribution < 1.29 is 9.47 Å². The summed E-state index contributed by atoms with van der Waals surface area (Å²) in [6.45, 7) is 1.19. The second-order valence-corrected chi connectivity index (χ2v) is 3.17. The normalized spacial score (nSPS) is 27.5. The van der Waals surface area contributed by atoms with Gasteiger partial charge in [-0.3, -0.25) is 0 Å². The van der Waals surface area contributed by atoms with Crippen LogP contribution in [0, 0.1) is 0 Å². The van der Waals surface area contributed by atoms with Gasteiger partial charge in [-0.25, -0.2) is 0 Å². The van der Waals surface area contributed by atoms with Gasteiger partial charge in [0.2, 0.25) is 0 Å². The Kier molecular flexibility index (Phi) is 2.47. The van der Waals surface area contributed by atoms with Crippen LogP contribution in [-0.2, 0) is 4.74 Å². The molecule has 70 valence electrons. The Morgan fingerprint density at radius 3 is 2.62 bits per heavy atom. The van der Waals surface area contributed by atoms with E-state index in [0.717, 1.165) is 5.75 Å². The SMILES string of the molecule is NC1COCC1Oc1ccccc1. The summed E-state index contributed by atoms with van der Waals surface area (Å²) in [6.07, 6.45) is 0.00222. The van der Waals surface area contributed by atoms with Crippen molar-refractivity contribution in [1.29, 1.82) is 0 Å². The minimum absolute atomic E-state index is 0.000191. The molecular weight excluding hydrogens is 166 g/mol. The first-order chi connectivity index (χ1) is 6.36. The molecule has 3 heteroatoms. The second kappa shape index (κ2) is 3.77. The third kappa shape index (κ3) is 1.99. The van der Waals surface area contributed by atoms with Crippen molar-refractivity contribution in [2.24, 2.45) is 5.73 Å². The Balaban J connectivity index is 1.98. The quantitative estimate of drug-likeness (QED) is 0.730. The summed E-state index contributed by atoms with van der Waals surface area (Å²) in [7, 11) is 0. The number of benzene rings is 1. The number of nitrogens with two attached hydrogens (primary N) is 1. The maximum absolute atomic E-state index is 5.78. The van der Waals surface area contributed by atoms with Crippen LogP contribution in [0.15, 0.2) is 30.3 Å². The van der Waals surface area contributed by atoms with Crippen LogP contribution in [0.3, 0.4) is 0 Å². The standard InChI is InChI=1S/C10H13NO2/c11-9-6-12-7-10(9)13-8-4-2-1-3-5-8/h1-5,9-10H,6-7,11H2. The summed E-state index contributed by atoms with van der Waals surface area (Å²) in [4.78, 5) is 0. The van der Waals surface area contributed by atoms with Gasteiger partial charge in [-0.05, 0) is 12.1 Å². The highest BCUT2D eigenvalue weighted by Crippen LogP contribution is 2.15. The number of ether oxygens (including phenoxy) is 2. The van der Waals surface area contributed by atoms with Crippen LogP contribution in [-0.4, -0.2) is 25.4 Å². The molecule has 2 N–H and O–H groups in total. The Bertz CT molecular complexity index is 263. The lowest BCUT2D eigenvalue weighted by Gasteiger charge is -2.15. The van der Waals surface area contributed by atoms with Crippen LogP contribution in [0.2, 0.25) is 0 Å². The highest BCUT2D eigenvalue weighted by molar-refractivity contribution is 5.21. The molecule has 2 unspecified atom stereocenters. The number of hydrogen-bond acceptors (Lipinski definition) is 3. The fraction of sp³-hybridized carbons (Fsp3) is 0.400. The van der Waals surface area contributed by atoms with E-state index >= 15 is 0 Å². The van der Waals surface area contributed by atoms with Crippen molar-refractivity contribution in [1.82, 2.24) is 0 Å². The minimum atomic E-state index is 0.000191. The van der Waals surface area contributed by atoms with Crippen LogP contribution >= 0.6 is 0 Å². The predicted molar refractivity (Wildman–Crippen MR) is 49.7 cm³/mol. The summed E-state index contributed by atoms with van der Waals surface area (Å²) >= 11 is 0. The molecule has 0 spiro atoms. The molecule has 2 atom stereocenters. The lowest BCUT2D eigenvalue weighted by molar-refractivity contribution is 0.140. The smallest absolute Gasteiger partial charge is 0.139 e. The summed E-state index contributed by atoms with van der Waals surface area (Å²) in [5.41, 5.74) is 5.78. The maximum atomic E-state index is 5.78. The average molecular weight is 179 g/mol. The Hall–Kier alpha value is -1.06. The Morgan fingerprint density at radius 1 is 1.23 bits per heavy atom. The summed E-state index contributed by atoms with van der Waals surface area (Å²) in [5, 5.41) is 0.